The highest BCUT2D eigenvalue weighted by Gasteiger charge is 2.53. The first kappa shape index (κ1) is 21.7. The lowest BCUT2D eigenvalue weighted by Crippen LogP contribution is -2.50. The van der Waals surface area contributed by atoms with Gasteiger partial charge in [-0.15, -0.1) is 0 Å². The summed E-state index contributed by atoms with van der Waals surface area (Å²) in [6, 6.07) is 13.6. The van der Waals surface area contributed by atoms with E-state index in [9.17, 15) is 13.2 Å². The molecule has 5 nitrogen and oxygen atoms in total. The Morgan fingerprint density at radius 2 is 1.66 bits per heavy atom. The molecule has 2 aromatic carbocycles. The van der Waals surface area contributed by atoms with Gasteiger partial charge in [0.1, 0.15) is 5.75 Å². The Morgan fingerprint density at radius 3 is 2.21 bits per heavy atom. The topological polar surface area (TPSA) is 63.7 Å². The Labute approximate surface area is 177 Å². The lowest BCUT2D eigenvalue weighted by Gasteiger charge is -2.32. The summed E-state index contributed by atoms with van der Waals surface area (Å²) >= 11 is 5.91. The van der Waals surface area contributed by atoms with Crippen molar-refractivity contribution in [2.45, 2.75) is 48.8 Å². The number of nitrogens with zero attached hydrogens (tertiary/aromatic N) is 1. The molecule has 0 radical (unpaired) electrons. The van der Waals surface area contributed by atoms with E-state index in [1.54, 1.807) is 19.2 Å². The normalized spacial score (nSPS) is 15.8. The fourth-order valence-corrected chi connectivity index (χ4v) is 6.22. The Hall–Kier alpha value is -2.05. The molecule has 0 bridgehead atoms. The summed E-state index contributed by atoms with van der Waals surface area (Å²) in [5.74, 6) is 0.418. The van der Waals surface area contributed by atoms with E-state index >= 15 is 0 Å². The summed E-state index contributed by atoms with van der Waals surface area (Å²) in [4.78, 5) is 15.1. The van der Waals surface area contributed by atoms with E-state index in [4.69, 9.17) is 16.3 Å². The molecule has 1 fully saturated rings. The van der Waals surface area contributed by atoms with Crippen LogP contribution >= 0.6 is 11.6 Å². The highest BCUT2D eigenvalue weighted by atomic mass is 35.5. The Morgan fingerprint density at radius 1 is 1.07 bits per heavy atom. The molecule has 1 aliphatic rings. The van der Waals surface area contributed by atoms with Crippen LogP contribution in [0.4, 0.5) is 0 Å². The van der Waals surface area contributed by atoms with E-state index in [0.717, 1.165) is 24.2 Å². The number of carbonyl (C=O) groups is 1. The van der Waals surface area contributed by atoms with Gasteiger partial charge in [-0.25, -0.2) is 8.42 Å². The zero-order valence-corrected chi connectivity index (χ0v) is 18.3. The van der Waals surface area contributed by atoms with Crippen molar-refractivity contribution >= 4 is 27.3 Å². The van der Waals surface area contributed by atoms with Gasteiger partial charge in [-0.2, -0.15) is 0 Å². The Bertz CT molecular complexity index is 949. The highest BCUT2D eigenvalue weighted by molar-refractivity contribution is 7.93. The SMILES string of the molecule is CCOc1ccc(CN(C)C(=O)C2(S(=O)(=O)c3ccc(Cl)cc3)CCCC2)cc1. The van der Waals surface area contributed by atoms with Crippen molar-refractivity contribution in [3.63, 3.8) is 0 Å². The first-order valence-electron chi connectivity index (χ1n) is 9.78. The standard InChI is InChI=1S/C22H26ClNO4S/c1-3-28-19-10-6-17(7-11-19)16-24(2)21(25)22(14-4-5-15-22)29(26,27)20-12-8-18(23)9-13-20/h6-13H,3-5,14-16H2,1-2H3. The van der Waals surface area contributed by atoms with Crippen molar-refractivity contribution in [2.75, 3.05) is 13.7 Å². The quantitative estimate of drug-likeness (QED) is 0.643. The lowest BCUT2D eigenvalue weighted by molar-refractivity contribution is -0.133. The van der Waals surface area contributed by atoms with Gasteiger partial charge in [0.2, 0.25) is 5.91 Å². The van der Waals surface area contributed by atoms with Crippen LogP contribution in [0.1, 0.15) is 38.2 Å². The van der Waals surface area contributed by atoms with Gasteiger partial charge in [0, 0.05) is 18.6 Å². The molecule has 0 spiro atoms. The number of amides is 1. The number of hydrogen-bond acceptors (Lipinski definition) is 4. The van der Waals surface area contributed by atoms with Crippen LogP contribution < -0.4 is 4.74 Å². The maximum absolute atomic E-state index is 13.5. The van der Waals surface area contributed by atoms with Crippen molar-refractivity contribution in [2.24, 2.45) is 0 Å². The Balaban J connectivity index is 1.85. The zero-order chi connectivity index (χ0) is 21.1. The first-order valence-corrected chi connectivity index (χ1v) is 11.6. The number of sulfone groups is 1. The predicted octanol–water partition coefficient (Wildman–Crippen LogP) is 4.48. The van der Waals surface area contributed by atoms with Gasteiger partial charge in [0.15, 0.2) is 14.6 Å². The van der Waals surface area contributed by atoms with Crippen molar-refractivity contribution in [3.8, 4) is 5.75 Å². The zero-order valence-electron chi connectivity index (χ0n) is 16.7. The van der Waals surface area contributed by atoms with E-state index in [2.05, 4.69) is 0 Å². The van der Waals surface area contributed by atoms with Crippen molar-refractivity contribution in [3.05, 3.63) is 59.1 Å². The molecular formula is C22H26ClNO4S. The molecule has 0 aromatic heterocycles. The number of benzene rings is 2. The molecule has 0 saturated heterocycles. The van der Waals surface area contributed by atoms with Gasteiger partial charge in [-0.05, 0) is 61.7 Å². The van der Waals surface area contributed by atoms with Crippen LogP contribution in [0.25, 0.3) is 0 Å². The minimum absolute atomic E-state index is 0.145. The van der Waals surface area contributed by atoms with Gasteiger partial charge in [-0.3, -0.25) is 4.79 Å². The van der Waals surface area contributed by atoms with E-state index < -0.39 is 14.6 Å². The second kappa shape index (κ2) is 8.76. The van der Waals surface area contributed by atoms with Gasteiger partial charge >= 0.3 is 0 Å². The number of rotatable bonds is 7. The van der Waals surface area contributed by atoms with Crippen LogP contribution in [0.5, 0.6) is 5.75 Å². The molecule has 3 rings (SSSR count). The summed E-state index contributed by atoms with van der Waals surface area (Å²) in [6.45, 7) is 2.84. The van der Waals surface area contributed by atoms with Crippen molar-refractivity contribution in [1.82, 2.24) is 4.90 Å². The van der Waals surface area contributed by atoms with Crippen LogP contribution in [-0.4, -0.2) is 37.6 Å². The van der Waals surface area contributed by atoms with Crippen LogP contribution in [0.2, 0.25) is 5.02 Å². The summed E-state index contributed by atoms with van der Waals surface area (Å²) in [5, 5.41) is 0.461. The second-order valence-electron chi connectivity index (χ2n) is 7.40. The molecule has 7 heteroatoms. The average molecular weight is 436 g/mol. The van der Waals surface area contributed by atoms with E-state index in [1.807, 2.05) is 31.2 Å². The summed E-state index contributed by atoms with van der Waals surface area (Å²) in [7, 11) is -2.17. The second-order valence-corrected chi connectivity index (χ2v) is 10.1. The molecule has 0 atom stereocenters. The predicted molar refractivity (Wildman–Crippen MR) is 114 cm³/mol. The van der Waals surface area contributed by atoms with Crippen LogP contribution in [0, 0.1) is 0 Å². The van der Waals surface area contributed by atoms with E-state index in [1.165, 1.54) is 17.0 Å². The molecule has 29 heavy (non-hydrogen) atoms. The first-order chi connectivity index (χ1) is 13.8. The molecule has 0 heterocycles. The molecule has 0 aliphatic heterocycles. The third-order valence-corrected chi connectivity index (χ3v) is 8.20. The summed E-state index contributed by atoms with van der Waals surface area (Å²) in [5.41, 5.74) is 0.918. The molecule has 1 amide bonds. The molecule has 156 valence electrons. The summed E-state index contributed by atoms with van der Waals surface area (Å²) in [6.07, 6.45) is 2.11. The van der Waals surface area contributed by atoms with Crippen LogP contribution in [0.15, 0.2) is 53.4 Å². The maximum atomic E-state index is 13.5. The number of hydrogen-bond donors (Lipinski definition) is 0. The minimum atomic E-state index is -3.84. The third-order valence-electron chi connectivity index (χ3n) is 5.44. The summed E-state index contributed by atoms with van der Waals surface area (Å²) < 4.78 is 31.0. The fourth-order valence-electron chi connectivity index (χ4n) is 3.93. The number of ether oxygens (including phenoxy) is 1. The van der Waals surface area contributed by atoms with Gasteiger partial charge in [0.05, 0.1) is 11.5 Å². The highest BCUT2D eigenvalue weighted by Crippen LogP contribution is 2.42. The van der Waals surface area contributed by atoms with Crippen molar-refractivity contribution in [1.29, 1.82) is 0 Å². The van der Waals surface area contributed by atoms with Crippen LogP contribution in [-0.2, 0) is 21.2 Å². The average Bonchev–Trinajstić information content (AvgIpc) is 3.21. The largest absolute Gasteiger partial charge is 0.494 e. The molecule has 0 N–H and O–H groups in total. The van der Waals surface area contributed by atoms with Gasteiger partial charge in [0.25, 0.3) is 0 Å². The number of halogens is 1. The minimum Gasteiger partial charge on any atom is -0.494 e. The third kappa shape index (κ3) is 4.28. The molecule has 1 aliphatic carbocycles. The van der Waals surface area contributed by atoms with E-state index in [-0.39, 0.29) is 10.8 Å². The maximum Gasteiger partial charge on any atom is 0.244 e. The number of carbonyl (C=O) groups excluding carboxylic acids is 1. The van der Waals surface area contributed by atoms with Crippen molar-refractivity contribution < 1.29 is 17.9 Å². The molecule has 2 aromatic rings. The smallest absolute Gasteiger partial charge is 0.244 e. The molecule has 0 unspecified atom stereocenters. The molecular weight excluding hydrogens is 410 g/mol. The fraction of sp³-hybridized carbons (Fsp3) is 0.409. The monoisotopic (exact) mass is 435 g/mol. The Kier molecular flexibility index (Phi) is 6.54. The van der Waals surface area contributed by atoms with Gasteiger partial charge < -0.3 is 9.64 Å². The van der Waals surface area contributed by atoms with E-state index in [0.29, 0.717) is 31.0 Å². The van der Waals surface area contributed by atoms with Crippen LogP contribution in [0.3, 0.4) is 0 Å². The molecule has 1 saturated carbocycles. The lowest BCUT2D eigenvalue weighted by atomic mass is 10.1. The van der Waals surface area contributed by atoms with Gasteiger partial charge in [-0.1, -0.05) is 36.6 Å².